The molecule has 1 amide bonds. The van der Waals surface area contributed by atoms with Gasteiger partial charge in [-0.2, -0.15) is 0 Å². The van der Waals surface area contributed by atoms with E-state index in [0.29, 0.717) is 16.9 Å². The highest BCUT2D eigenvalue weighted by Crippen LogP contribution is 2.31. The fourth-order valence-corrected chi connectivity index (χ4v) is 5.55. The highest BCUT2D eigenvalue weighted by Gasteiger charge is 2.26. The van der Waals surface area contributed by atoms with Gasteiger partial charge in [-0.25, -0.2) is 28.7 Å². The van der Waals surface area contributed by atoms with E-state index in [0.717, 1.165) is 50.3 Å². The molecule has 0 radical (unpaired) electrons. The Kier molecular flexibility index (Phi) is 9.36. The maximum atomic E-state index is 15.4. The van der Waals surface area contributed by atoms with Crippen LogP contribution in [0.3, 0.4) is 0 Å². The van der Waals surface area contributed by atoms with Crippen molar-refractivity contribution in [2.45, 2.75) is 57.9 Å². The maximum absolute atomic E-state index is 15.4. The van der Waals surface area contributed by atoms with Crippen LogP contribution in [0.4, 0.5) is 14.7 Å². The number of aliphatic hydroxyl groups excluding tert-OH is 1. The van der Waals surface area contributed by atoms with Crippen molar-refractivity contribution in [3.05, 3.63) is 77.1 Å². The minimum atomic E-state index is -0.576. The minimum absolute atomic E-state index is 0.0438. The zero-order chi connectivity index (χ0) is 29.6. The number of amides is 1. The second-order valence-electron chi connectivity index (χ2n) is 10.9. The van der Waals surface area contributed by atoms with Crippen LogP contribution in [-0.2, 0) is 12.8 Å². The molecule has 9 nitrogen and oxygen atoms in total. The molecule has 0 aliphatic carbocycles. The van der Waals surface area contributed by atoms with E-state index in [9.17, 15) is 4.79 Å². The van der Waals surface area contributed by atoms with Gasteiger partial charge in [-0.3, -0.25) is 4.79 Å². The monoisotopic (exact) mass is 577 g/mol. The standard InChI is InChI=1S/C31H37F2N7O2/c1-3-4-5-6-21-17-34-31(35-18-21)39-11-9-24(10-12-39)40-19-26(33)28-27(36-20-37-29(28)40)16-22-7-8-23(15-25(22)32)30(42)38(2)13-14-41/h7-8,15,17-20,24,41H,3-6,9-14,16H2,1-2H3. The molecule has 4 heterocycles. The van der Waals surface area contributed by atoms with Crippen LogP contribution >= 0.6 is 0 Å². The van der Waals surface area contributed by atoms with Gasteiger partial charge in [-0.05, 0) is 48.9 Å². The first-order valence-corrected chi connectivity index (χ1v) is 14.6. The van der Waals surface area contributed by atoms with E-state index in [4.69, 9.17) is 5.11 Å². The Bertz CT molecular complexity index is 1520. The summed E-state index contributed by atoms with van der Waals surface area (Å²) in [6, 6.07) is 4.27. The van der Waals surface area contributed by atoms with Gasteiger partial charge in [-0.1, -0.05) is 25.8 Å². The number of nitrogens with zero attached hydrogens (tertiary/aromatic N) is 7. The number of halogens is 2. The minimum Gasteiger partial charge on any atom is -0.395 e. The van der Waals surface area contributed by atoms with E-state index in [1.165, 1.54) is 48.5 Å². The van der Waals surface area contributed by atoms with Crippen molar-refractivity contribution in [1.82, 2.24) is 29.4 Å². The number of aromatic nitrogens is 5. The van der Waals surface area contributed by atoms with E-state index in [-0.39, 0.29) is 42.5 Å². The average molecular weight is 578 g/mol. The molecule has 11 heteroatoms. The Balaban J connectivity index is 1.28. The number of aryl methyl sites for hydroxylation is 1. The number of likely N-dealkylation sites (N-methyl/N-ethyl adjacent to an activating group) is 1. The summed E-state index contributed by atoms with van der Waals surface area (Å²) < 4.78 is 32.3. The van der Waals surface area contributed by atoms with Gasteiger partial charge in [0.1, 0.15) is 17.8 Å². The number of benzene rings is 1. The first kappa shape index (κ1) is 29.5. The molecule has 42 heavy (non-hydrogen) atoms. The predicted molar refractivity (Wildman–Crippen MR) is 156 cm³/mol. The van der Waals surface area contributed by atoms with E-state index >= 15 is 8.78 Å². The van der Waals surface area contributed by atoms with Crippen LogP contribution in [0.5, 0.6) is 0 Å². The van der Waals surface area contributed by atoms with Gasteiger partial charge >= 0.3 is 0 Å². The molecule has 1 N–H and O–H groups in total. The topological polar surface area (TPSA) is 100 Å². The lowest BCUT2D eigenvalue weighted by Crippen LogP contribution is -2.35. The summed E-state index contributed by atoms with van der Waals surface area (Å²) in [5.74, 6) is -0.689. The Morgan fingerprint density at radius 1 is 1.07 bits per heavy atom. The predicted octanol–water partition coefficient (Wildman–Crippen LogP) is 4.73. The molecule has 0 unspecified atom stereocenters. The second-order valence-corrected chi connectivity index (χ2v) is 10.9. The molecule has 0 spiro atoms. The second kappa shape index (κ2) is 13.3. The Morgan fingerprint density at radius 2 is 1.83 bits per heavy atom. The molecule has 1 saturated heterocycles. The van der Waals surface area contributed by atoms with E-state index in [1.54, 1.807) is 7.05 Å². The van der Waals surface area contributed by atoms with E-state index in [1.807, 2.05) is 17.0 Å². The van der Waals surface area contributed by atoms with Crippen LogP contribution in [0.1, 0.15) is 72.2 Å². The number of carbonyl (C=O) groups is 1. The van der Waals surface area contributed by atoms with Gasteiger partial charge in [0.2, 0.25) is 5.95 Å². The van der Waals surface area contributed by atoms with Crippen LogP contribution in [0.15, 0.2) is 43.1 Å². The quantitative estimate of drug-likeness (QED) is 0.257. The Labute approximate surface area is 244 Å². The van der Waals surface area contributed by atoms with Crippen molar-refractivity contribution in [2.75, 3.05) is 38.2 Å². The third-order valence-corrected chi connectivity index (χ3v) is 7.98. The smallest absolute Gasteiger partial charge is 0.253 e. The molecule has 0 bridgehead atoms. The molecule has 4 aromatic rings. The summed E-state index contributed by atoms with van der Waals surface area (Å²) in [7, 11) is 1.54. The molecule has 1 aliphatic rings. The number of unbranched alkanes of at least 4 members (excludes halogenated alkanes) is 2. The number of hydrogen-bond acceptors (Lipinski definition) is 7. The highest BCUT2D eigenvalue weighted by atomic mass is 19.1. The number of carbonyl (C=O) groups excluding carboxylic acids is 1. The molecule has 222 valence electrons. The number of fused-ring (bicyclic) bond motifs is 1. The van der Waals surface area contributed by atoms with Crippen molar-refractivity contribution in [2.24, 2.45) is 0 Å². The van der Waals surface area contributed by atoms with Crippen molar-refractivity contribution in [1.29, 1.82) is 0 Å². The summed E-state index contributed by atoms with van der Waals surface area (Å²) in [6.07, 6.45) is 12.8. The van der Waals surface area contributed by atoms with Crippen molar-refractivity contribution in [3.8, 4) is 0 Å². The molecule has 1 fully saturated rings. The van der Waals surface area contributed by atoms with Gasteiger partial charge < -0.3 is 19.5 Å². The van der Waals surface area contributed by atoms with Gasteiger partial charge in [0, 0.05) is 63.3 Å². The normalized spacial score (nSPS) is 14.1. The number of hydrogen-bond donors (Lipinski definition) is 1. The van der Waals surface area contributed by atoms with Gasteiger partial charge in [0.25, 0.3) is 5.91 Å². The van der Waals surface area contributed by atoms with E-state index in [2.05, 4.69) is 31.8 Å². The number of anilines is 1. The lowest BCUT2D eigenvalue weighted by atomic mass is 10.0. The summed E-state index contributed by atoms with van der Waals surface area (Å²) in [5, 5.41) is 9.35. The number of rotatable bonds is 11. The van der Waals surface area contributed by atoms with Crippen LogP contribution in [0.25, 0.3) is 11.0 Å². The zero-order valence-electron chi connectivity index (χ0n) is 24.1. The maximum Gasteiger partial charge on any atom is 0.253 e. The first-order chi connectivity index (χ1) is 20.4. The lowest BCUT2D eigenvalue weighted by molar-refractivity contribution is 0.0766. The van der Waals surface area contributed by atoms with Crippen LogP contribution in [0.2, 0.25) is 0 Å². The van der Waals surface area contributed by atoms with Gasteiger partial charge in [0.05, 0.1) is 17.7 Å². The molecule has 0 atom stereocenters. The molecule has 1 aliphatic heterocycles. The largest absolute Gasteiger partial charge is 0.395 e. The summed E-state index contributed by atoms with van der Waals surface area (Å²) >= 11 is 0. The molecule has 5 rings (SSSR count). The van der Waals surface area contributed by atoms with Crippen molar-refractivity contribution in [3.63, 3.8) is 0 Å². The lowest BCUT2D eigenvalue weighted by Gasteiger charge is -2.32. The van der Waals surface area contributed by atoms with E-state index < -0.39 is 11.6 Å². The Hall–Kier alpha value is -3.99. The van der Waals surface area contributed by atoms with Crippen molar-refractivity contribution >= 4 is 22.9 Å². The molecule has 3 aromatic heterocycles. The SMILES string of the molecule is CCCCCc1cnc(N2CCC(n3cc(F)c4c(Cc5ccc(C(=O)N(C)CCO)cc5F)ncnc43)CC2)nc1. The average Bonchev–Trinajstić information content (AvgIpc) is 3.35. The first-order valence-electron chi connectivity index (χ1n) is 14.6. The molecule has 0 saturated carbocycles. The summed E-state index contributed by atoms with van der Waals surface area (Å²) in [4.78, 5) is 33.8. The summed E-state index contributed by atoms with van der Waals surface area (Å²) in [5.41, 5.74) is 2.50. The molecular weight excluding hydrogens is 540 g/mol. The van der Waals surface area contributed by atoms with Crippen LogP contribution in [-0.4, -0.2) is 73.7 Å². The fourth-order valence-electron chi connectivity index (χ4n) is 5.55. The van der Waals surface area contributed by atoms with Crippen LogP contribution < -0.4 is 4.90 Å². The summed E-state index contributed by atoms with van der Waals surface area (Å²) in [6.45, 7) is 3.63. The van der Waals surface area contributed by atoms with Crippen molar-refractivity contribution < 1.29 is 18.7 Å². The van der Waals surface area contributed by atoms with Crippen LogP contribution in [0, 0.1) is 11.6 Å². The fraction of sp³-hybridized carbons (Fsp3) is 0.452. The third-order valence-electron chi connectivity index (χ3n) is 7.98. The zero-order valence-corrected chi connectivity index (χ0v) is 24.1. The molecule has 1 aromatic carbocycles. The third kappa shape index (κ3) is 6.41. The Morgan fingerprint density at radius 3 is 2.52 bits per heavy atom. The number of piperidine rings is 1. The van der Waals surface area contributed by atoms with Gasteiger partial charge in [0.15, 0.2) is 5.82 Å². The number of aliphatic hydroxyl groups is 1. The molecular formula is C31H37F2N7O2. The van der Waals surface area contributed by atoms with Gasteiger partial charge in [-0.15, -0.1) is 0 Å². The highest BCUT2D eigenvalue weighted by molar-refractivity contribution is 5.94.